The zero-order valence-electron chi connectivity index (χ0n) is 7.59. The summed E-state index contributed by atoms with van der Waals surface area (Å²) in [5.74, 6) is -0.311. The maximum atomic E-state index is 10.7. The Morgan fingerprint density at radius 3 is 2.50 bits per heavy atom. The van der Waals surface area contributed by atoms with E-state index in [0.29, 0.717) is 0 Å². The van der Waals surface area contributed by atoms with Gasteiger partial charge in [0.1, 0.15) is 0 Å². The molecule has 0 fully saturated rings. The molecule has 0 unspecified atom stereocenters. The number of hydrogen-bond donors (Lipinski definition) is 1. The van der Waals surface area contributed by atoms with Gasteiger partial charge in [-0.2, -0.15) is 5.10 Å². The molecule has 0 atom stereocenters. The first kappa shape index (κ1) is 8.77. The third-order valence-corrected chi connectivity index (χ3v) is 2.01. The fraction of sp³-hybridized carbons (Fsp3) is 0.500. The molecular weight excluding hydrogens is 154 g/mol. The molecule has 66 valence electrons. The van der Waals surface area contributed by atoms with E-state index in [1.807, 2.05) is 20.9 Å². The lowest BCUT2D eigenvalue weighted by atomic mass is 10.1. The van der Waals surface area contributed by atoms with Crippen LogP contribution in [0.15, 0.2) is 0 Å². The van der Waals surface area contributed by atoms with Crippen molar-refractivity contribution in [3.63, 3.8) is 0 Å². The van der Waals surface area contributed by atoms with Crippen molar-refractivity contribution in [2.75, 3.05) is 0 Å². The van der Waals surface area contributed by atoms with E-state index in [0.717, 1.165) is 17.0 Å². The number of carbonyl (C=O) groups excluding carboxylic acids is 1. The average molecular weight is 167 g/mol. The quantitative estimate of drug-likeness (QED) is 0.677. The van der Waals surface area contributed by atoms with Crippen LogP contribution in [0, 0.1) is 13.8 Å². The number of hydrogen-bond acceptors (Lipinski definition) is 2. The van der Waals surface area contributed by atoms with Crippen molar-refractivity contribution in [3.8, 4) is 0 Å². The van der Waals surface area contributed by atoms with E-state index in [1.165, 1.54) is 0 Å². The predicted octanol–water partition coefficient (Wildman–Crippen LogP) is 0.0647. The average Bonchev–Trinajstić information content (AvgIpc) is 2.16. The smallest absolute Gasteiger partial charge is 0.221 e. The van der Waals surface area contributed by atoms with Gasteiger partial charge in [0.15, 0.2) is 0 Å². The molecule has 0 radical (unpaired) electrons. The Hall–Kier alpha value is -1.32. The van der Waals surface area contributed by atoms with Crippen LogP contribution in [0.1, 0.15) is 17.0 Å². The van der Waals surface area contributed by atoms with Crippen LogP contribution < -0.4 is 5.73 Å². The highest BCUT2D eigenvalue weighted by molar-refractivity contribution is 5.77. The largest absolute Gasteiger partial charge is 0.369 e. The van der Waals surface area contributed by atoms with Crippen LogP contribution in [0.4, 0.5) is 0 Å². The topological polar surface area (TPSA) is 60.9 Å². The van der Waals surface area contributed by atoms with E-state index in [2.05, 4.69) is 5.10 Å². The molecule has 0 spiro atoms. The highest BCUT2D eigenvalue weighted by Crippen LogP contribution is 2.11. The van der Waals surface area contributed by atoms with Crippen LogP contribution in [-0.2, 0) is 18.3 Å². The molecule has 1 aromatic rings. The van der Waals surface area contributed by atoms with Crippen molar-refractivity contribution < 1.29 is 4.79 Å². The third-order valence-electron chi connectivity index (χ3n) is 2.01. The summed E-state index contributed by atoms with van der Waals surface area (Å²) in [4.78, 5) is 10.7. The zero-order valence-corrected chi connectivity index (χ0v) is 7.59. The van der Waals surface area contributed by atoms with Gasteiger partial charge in [0.25, 0.3) is 0 Å². The van der Waals surface area contributed by atoms with Gasteiger partial charge in [-0.1, -0.05) is 0 Å². The molecule has 2 N–H and O–H groups in total. The predicted molar refractivity (Wildman–Crippen MR) is 45.6 cm³/mol. The van der Waals surface area contributed by atoms with Crippen LogP contribution >= 0.6 is 0 Å². The van der Waals surface area contributed by atoms with Gasteiger partial charge in [-0.3, -0.25) is 9.48 Å². The van der Waals surface area contributed by atoms with E-state index in [4.69, 9.17) is 5.73 Å². The molecule has 4 heteroatoms. The second-order valence-corrected chi connectivity index (χ2v) is 2.92. The Morgan fingerprint density at radius 1 is 1.58 bits per heavy atom. The highest BCUT2D eigenvalue weighted by atomic mass is 16.1. The van der Waals surface area contributed by atoms with Crippen LogP contribution in [0.3, 0.4) is 0 Å². The molecule has 4 nitrogen and oxygen atoms in total. The summed E-state index contributed by atoms with van der Waals surface area (Å²) in [7, 11) is 1.85. The first-order chi connectivity index (χ1) is 5.52. The minimum Gasteiger partial charge on any atom is -0.369 e. The van der Waals surface area contributed by atoms with Gasteiger partial charge in [0, 0.05) is 18.3 Å². The molecule has 0 aromatic carbocycles. The van der Waals surface area contributed by atoms with Gasteiger partial charge in [-0.05, 0) is 13.8 Å². The van der Waals surface area contributed by atoms with Crippen molar-refractivity contribution in [3.05, 3.63) is 17.0 Å². The Bertz CT molecular complexity index is 314. The molecule has 1 amide bonds. The summed E-state index contributed by atoms with van der Waals surface area (Å²) in [6.07, 6.45) is 0.283. The Balaban J connectivity index is 3.05. The Labute approximate surface area is 71.4 Å². The van der Waals surface area contributed by atoms with Crippen molar-refractivity contribution in [2.24, 2.45) is 12.8 Å². The number of carbonyl (C=O) groups is 1. The molecule has 0 aliphatic heterocycles. The monoisotopic (exact) mass is 167 g/mol. The fourth-order valence-electron chi connectivity index (χ4n) is 1.25. The Kier molecular flexibility index (Phi) is 2.17. The van der Waals surface area contributed by atoms with Gasteiger partial charge in [0.2, 0.25) is 5.91 Å². The number of rotatable bonds is 2. The maximum Gasteiger partial charge on any atom is 0.221 e. The SMILES string of the molecule is Cc1nn(C)c(C)c1CC(N)=O. The van der Waals surface area contributed by atoms with E-state index in [-0.39, 0.29) is 12.3 Å². The number of nitrogens with two attached hydrogens (primary N) is 1. The molecule has 0 aliphatic rings. The Morgan fingerprint density at radius 2 is 2.17 bits per heavy atom. The zero-order chi connectivity index (χ0) is 9.30. The normalized spacial score (nSPS) is 10.2. The molecule has 0 bridgehead atoms. The van der Waals surface area contributed by atoms with Crippen molar-refractivity contribution in [1.82, 2.24) is 9.78 Å². The lowest BCUT2D eigenvalue weighted by Crippen LogP contribution is -2.14. The first-order valence-electron chi connectivity index (χ1n) is 3.79. The second-order valence-electron chi connectivity index (χ2n) is 2.92. The molecule has 0 saturated carbocycles. The maximum absolute atomic E-state index is 10.7. The summed E-state index contributed by atoms with van der Waals surface area (Å²) in [5, 5.41) is 4.17. The minimum absolute atomic E-state index is 0.283. The van der Waals surface area contributed by atoms with E-state index in [1.54, 1.807) is 4.68 Å². The van der Waals surface area contributed by atoms with Crippen molar-refractivity contribution in [2.45, 2.75) is 20.3 Å². The van der Waals surface area contributed by atoms with Gasteiger partial charge >= 0.3 is 0 Å². The number of nitrogens with zero attached hydrogens (tertiary/aromatic N) is 2. The van der Waals surface area contributed by atoms with Gasteiger partial charge in [-0.15, -0.1) is 0 Å². The molecule has 1 rings (SSSR count). The summed E-state index contributed by atoms with van der Waals surface area (Å²) in [5.41, 5.74) is 7.93. The van der Waals surface area contributed by atoms with Gasteiger partial charge in [0.05, 0.1) is 12.1 Å². The lowest BCUT2D eigenvalue weighted by molar-refractivity contribution is -0.117. The van der Waals surface area contributed by atoms with Crippen molar-refractivity contribution in [1.29, 1.82) is 0 Å². The number of aromatic nitrogens is 2. The molecule has 0 aliphatic carbocycles. The van der Waals surface area contributed by atoms with Gasteiger partial charge < -0.3 is 5.73 Å². The number of aryl methyl sites for hydroxylation is 2. The number of primary amides is 1. The molecule has 1 heterocycles. The second kappa shape index (κ2) is 2.97. The fourth-order valence-corrected chi connectivity index (χ4v) is 1.25. The summed E-state index contributed by atoms with van der Waals surface area (Å²) in [6.45, 7) is 3.81. The molecule has 1 aromatic heterocycles. The van der Waals surface area contributed by atoms with Crippen molar-refractivity contribution >= 4 is 5.91 Å². The van der Waals surface area contributed by atoms with Gasteiger partial charge in [-0.25, -0.2) is 0 Å². The van der Waals surface area contributed by atoms with E-state index < -0.39 is 0 Å². The van der Waals surface area contributed by atoms with Crippen LogP contribution in [0.2, 0.25) is 0 Å². The summed E-state index contributed by atoms with van der Waals surface area (Å²) < 4.78 is 1.76. The van der Waals surface area contributed by atoms with E-state index >= 15 is 0 Å². The number of amides is 1. The van der Waals surface area contributed by atoms with Crippen LogP contribution in [0.5, 0.6) is 0 Å². The summed E-state index contributed by atoms with van der Waals surface area (Å²) in [6, 6.07) is 0. The first-order valence-corrected chi connectivity index (χ1v) is 3.79. The molecular formula is C8H13N3O. The minimum atomic E-state index is -0.311. The van der Waals surface area contributed by atoms with Crippen LogP contribution in [0.25, 0.3) is 0 Å². The molecule has 12 heavy (non-hydrogen) atoms. The molecule has 0 saturated heterocycles. The van der Waals surface area contributed by atoms with E-state index in [9.17, 15) is 4.79 Å². The lowest BCUT2D eigenvalue weighted by Gasteiger charge is -1.97. The summed E-state index contributed by atoms with van der Waals surface area (Å²) >= 11 is 0. The highest BCUT2D eigenvalue weighted by Gasteiger charge is 2.10. The standard InChI is InChI=1S/C8H13N3O/c1-5-7(4-8(9)12)6(2)11(3)10-5/h4H2,1-3H3,(H2,9,12). The third kappa shape index (κ3) is 1.47. The van der Waals surface area contributed by atoms with Crippen LogP contribution in [-0.4, -0.2) is 15.7 Å².